The van der Waals surface area contributed by atoms with E-state index in [1.54, 1.807) is 71.9 Å². The SMILES string of the molecule is CCC(C)C(NC(=O)C(N)CC(C)C)C(=O)NC(CC(=O)O)C(=O)NC(CCC(N)=O)C(=O)NC(C(=O)N1CCCC1C(=O)NC(Cc1ccccc1)C(=O)NC(CO)C(=O)NC(C(C)=O)C(C)C)C(C)C. The van der Waals surface area contributed by atoms with Crippen molar-refractivity contribution in [2.24, 2.45) is 35.1 Å². The summed E-state index contributed by atoms with van der Waals surface area (Å²) in [5.41, 5.74) is 12.1. The Kier molecular flexibility index (Phi) is 25.5. The van der Waals surface area contributed by atoms with Crippen molar-refractivity contribution in [3.63, 3.8) is 0 Å². The molecule has 10 atom stereocenters. The van der Waals surface area contributed by atoms with E-state index in [0.717, 1.165) is 0 Å². The Labute approximate surface area is 421 Å². The number of Topliss-reactive ketones (excluding diaryl/α,β-unsaturated/α-hetero) is 1. The van der Waals surface area contributed by atoms with Crippen LogP contribution < -0.4 is 48.7 Å². The molecule has 23 heteroatoms. The number of rotatable bonds is 30. The van der Waals surface area contributed by atoms with E-state index in [4.69, 9.17) is 11.5 Å². The van der Waals surface area contributed by atoms with Crippen molar-refractivity contribution in [1.82, 2.24) is 42.1 Å². The molecule has 1 saturated heterocycles. The van der Waals surface area contributed by atoms with Crippen LogP contribution in [0.3, 0.4) is 0 Å². The normalized spacial score (nSPS) is 17.2. The number of carboxylic acid groups (broad SMARTS) is 1. The molecule has 1 aromatic carbocycles. The Morgan fingerprint density at radius 1 is 0.681 bits per heavy atom. The molecule has 0 spiro atoms. The second kappa shape index (κ2) is 29.8. The molecule has 1 heterocycles. The van der Waals surface area contributed by atoms with Crippen LogP contribution in [0.1, 0.15) is 113 Å². The number of likely N-dealkylation sites (tertiary alicyclic amines) is 1. The smallest absolute Gasteiger partial charge is 0.305 e. The molecular weight excluding hydrogens is 937 g/mol. The number of carboxylic acids is 1. The summed E-state index contributed by atoms with van der Waals surface area (Å²) in [6.45, 7) is 14.3. The molecule has 0 aliphatic carbocycles. The lowest BCUT2D eigenvalue weighted by Crippen LogP contribution is -2.61. The van der Waals surface area contributed by atoms with Gasteiger partial charge in [-0.15, -0.1) is 0 Å². The van der Waals surface area contributed by atoms with Crippen molar-refractivity contribution < 1.29 is 63.0 Å². The van der Waals surface area contributed by atoms with Crippen LogP contribution in [-0.2, 0) is 59.2 Å². The number of hydrogen-bond acceptors (Lipinski definition) is 13. The maximum absolute atomic E-state index is 14.4. The lowest BCUT2D eigenvalue weighted by atomic mass is 9.96. The van der Waals surface area contributed by atoms with E-state index < -0.39 is 151 Å². The van der Waals surface area contributed by atoms with Crippen LogP contribution >= 0.6 is 0 Å². The third-order valence-corrected chi connectivity index (χ3v) is 12.4. The van der Waals surface area contributed by atoms with E-state index >= 15 is 0 Å². The van der Waals surface area contributed by atoms with Crippen LogP contribution in [0.25, 0.3) is 0 Å². The number of aliphatic carboxylic acids is 1. The van der Waals surface area contributed by atoms with Gasteiger partial charge >= 0.3 is 5.97 Å². The highest BCUT2D eigenvalue weighted by atomic mass is 16.4. The number of nitrogens with zero attached hydrogens (tertiary/aromatic N) is 1. The first kappa shape index (κ1) is 61.6. The first-order chi connectivity index (χ1) is 33.7. The number of hydrogen-bond donors (Lipinski definition) is 11. The molecule has 2 rings (SSSR count). The van der Waals surface area contributed by atoms with Gasteiger partial charge < -0.3 is 63.8 Å². The van der Waals surface area contributed by atoms with E-state index in [0.29, 0.717) is 24.8 Å². The molecule has 402 valence electrons. The van der Waals surface area contributed by atoms with Gasteiger partial charge in [-0.25, -0.2) is 0 Å². The Bertz CT molecular complexity index is 2070. The van der Waals surface area contributed by atoms with Gasteiger partial charge in [0.25, 0.3) is 0 Å². The van der Waals surface area contributed by atoms with E-state index in [9.17, 15) is 63.0 Å². The van der Waals surface area contributed by atoms with E-state index in [-0.39, 0.29) is 37.0 Å². The maximum Gasteiger partial charge on any atom is 0.305 e. The van der Waals surface area contributed by atoms with Gasteiger partial charge in [0, 0.05) is 19.4 Å². The Balaban J connectivity index is 2.38. The average molecular weight is 1020 g/mol. The second-order valence-electron chi connectivity index (χ2n) is 19.6. The molecule has 0 bridgehead atoms. The first-order valence-corrected chi connectivity index (χ1v) is 24.6. The van der Waals surface area contributed by atoms with Crippen molar-refractivity contribution in [3.8, 4) is 0 Å². The third-order valence-electron chi connectivity index (χ3n) is 12.4. The Hall–Kier alpha value is -6.49. The van der Waals surface area contributed by atoms with Crippen LogP contribution in [0.4, 0.5) is 0 Å². The number of aliphatic hydroxyl groups is 1. The molecule has 10 unspecified atom stereocenters. The first-order valence-electron chi connectivity index (χ1n) is 24.6. The van der Waals surface area contributed by atoms with Gasteiger partial charge in [0.15, 0.2) is 5.78 Å². The van der Waals surface area contributed by atoms with Crippen molar-refractivity contribution in [1.29, 1.82) is 0 Å². The predicted octanol–water partition coefficient (Wildman–Crippen LogP) is -1.33. The molecule has 0 saturated carbocycles. The summed E-state index contributed by atoms with van der Waals surface area (Å²) in [4.78, 5) is 147. The highest BCUT2D eigenvalue weighted by Crippen LogP contribution is 2.22. The second-order valence-corrected chi connectivity index (χ2v) is 19.6. The molecule has 72 heavy (non-hydrogen) atoms. The van der Waals surface area contributed by atoms with Gasteiger partial charge in [-0.2, -0.15) is 0 Å². The van der Waals surface area contributed by atoms with Crippen LogP contribution in [0.5, 0.6) is 0 Å². The van der Waals surface area contributed by atoms with Gasteiger partial charge in [0.2, 0.25) is 53.2 Å². The molecule has 1 fully saturated rings. The van der Waals surface area contributed by atoms with Gasteiger partial charge in [-0.1, -0.05) is 92.1 Å². The predicted molar refractivity (Wildman–Crippen MR) is 263 cm³/mol. The number of amides is 9. The van der Waals surface area contributed by atoms with Crippen molar-refractivity contribution in [3.05, 3.63) is 35.9 Å². The fourth-order valence-electron chi connectivity index (χ4n) is 8.08. The molecule has 1 aromatic rings. The summed E-state index contributed by atoms with van der Waals surface area (Å²) in [6, 6.07) is -3.17. The molecule has 1 aliphatic rings. The van der Waals surface area contributed by atoms with Crippen molar-refractivity contribution in [2.75, 3.05) is 13.2 Å². The maximum atomic E-state index is 14.4. The number of nitrogens with one attached hydrogen (secondary N) is 7. The fraction of sp³-hybridized carbons (Fsp3) is 0.653. The fourth-order valence-corrected chi connectivity index (χ4v) is 8.08. The van der Waals surface area contributed by atoms with Gasteiger partial charge in [-0.05, 0) is 61.8 Å². The monoisotopic (exact) mass is 1010 g/mol. The Morgan fingerprint density at radius 3 is 1.74 bits per heavy atom. The quantitative estimate of drug-likeness (QED) is 0.0426. The zero-order valence-corrected chi connectivity index (χ0v) is 43.0. The number of primary amides is 1. The molecule has 0 aromatic heterocycles. The summed E-state index contributed by atoms with van der Waals surface area (Å²) in [5.74, 6) is -10.8. The minimum atomic E-state index is -1.79. The van der Waals surface area contributed by atoms with Gasteiger partial charge in [-0.3, -0.25) is 52.7 Å². The summed E-state index contributed by atoms with van der Waals surface area (Å²) in [5, 5.41) is 37.6. The summed E-state index contributed by atoms with van der Waals surface area (Å²) in [7, 11) is 0. The number of carbonyl (C=O) groups excluding carboxylic acids is 10. The highest BCUT2D eigenvalue weighted by molar-refractivity contribution is 5.99. The topological polar surface area (TPSA) is 368 Å². The molecule has 23 nitrogen and oxygen atoms in total. The molecule has 13 N–H and O–H groups in total. The van der Waals surface area contributed by atoms with Crippen molar-refractivity contribution in [2.45, 2.75) is 168 Å². The number of aliphatic hydroxyl groups excluding tert-OH is 1. The van der Waals surface area contributed by atoms with Crippen LogP contribution in [0, 0.1) is 23.7 Å². The van der Waals surface area contributed by atoms with E-state index in [2.05, 4.69) is 37.2 Å². The summed E-state index contributed by atoms with van der Waals surface area (Å²) in [6.07, 6.45) is -0.668. The lowest BCUT2D eigenvalue weighted by Gasteiger charge is -2.32. The number of ketones is 1. The Morgan fingerprint density at radius 2 is 1.21 bits per heavy atom. The van der Waals surface area contributed by atoms with Gasteiger partial charge in [0.05, 0.1) is 25.1 Å². The third kappa shape index (κ3) is 19.6. The largest absolute Gasteiger partial charge is 0.481 e. The van der Waals surface area contributed by atoms with E-state index in [1.807, 2.05) is 13.8 Å². The summed E-state index contributed by atoms with van der Waals surface area (Å²) >= 11 is 0. The zero-order chi connectivity index (χ0) is 54.6. The minimum absolute atomic E-state index is 0.0593. The van der Waals surface area contributed by atoms with Crippen LogP contribution in [0.2, 0.25) is 0 Å². The van der Waals surface area contributed by atoms with Crippen molar-refractivity contribution >= 4 is 64.9 Å². The lowest BCUT2D eigenvalue weighted by molar-refractivity contribution is -0.144. The van der Waals surface area contributed by atoms with E-state index in [1.165, 1.54) is 11.8 Å². The molecule has 0 radical (unpaired) electrons. The molecule has 9 amide bonds. The zero-order valence-electron chi connectivity index (χ0n) is 43.0. The standard InChI is InChI=1S/C49H78N10O13/c1-10-28(8)41(58-42(65)31(50)21-25(2)3)48(71)54-34(23-38(63)64)45(68)52-32(18-19-37(51)62)43(66)57-40(27(6)7)49(72)59-20-14-17-36(59)47(70)53-33(22-30-15-12-11-13-16-30)44(67)55-35(24-60)46(69)56-39(26(4)5)29(9)61/h11-13,15-16,25-28,31-36,39-41,60H,10,14,17-24,50H2,1-9H3,(H2,51,62)(H,52,68)(H,53,70)(H,54,71)(H,55,67)(H,56,69)(H,57,66)(H,58,65)(H,63,64). The highest BCUT2D eigenvalue weighted by Gasteiger charge is 2.41. The molecule has 1 aliphatic heterocycles. The number of nitrogens with two attached hydrogens (primary N) is 2. The minimum Gasteiger partial charge on any atom is -0.481 e. The van der Waals surface area contributed by atoms with Gasteiger partial charge in [0.1, 0.15) is 42.3 Å². The molecular formula is C49H78N10O13. The summed E-state index contributed by atoms with van der Waals surface area (Å²) < 4.78 is 0. The van der Waals surface area contributed by atoms with Crippen LogP contribution in [0.15, 0.2) is 30.3 Å². The number of benzene rings is 1. The average Bonchev–Trinajstić information content (AvgIpc) is 3.81. The van der Waals surface area contributed by atoms with Crippen LogP contribution in [-0.4, -0.2) is 148 Å². The number of carbonyl (C=O) groups is 11.